The van der Waals surface area contributed by atoms with Crippen LogP contribution in [0.15, 0.2) is 4.99 Å². The number of hydrogen-bond acceptors (Lipinski definition) is 2. The second kappa shape index (κ2) is 9.53. The Bertz CT molecular complexity index is 366. The first-order valence-corrected chi connectivity index (χ1v) is 7.68. The number of carbonyl (C=O) groups excluding carboxylic acids is 1. The summed E-state index contributed by atoms with van der Waals surface area (Å²) in [5.41, 5.74) is 0. The lowest BCUT2D eigenvalue weighted by atomic mass is 10.0. The van der Waals surface area contributed by atoms with Crippen molar-refractivity contribution in [2.45, 2.75) is 44.7 Å². The van der Waals surface area contributed by atoms with E-state index in [0.29, 0.717) is 31.4 Å². The summed E-state index contributed by atoms with van der Waals surface area (Å²) in [6.45, 7) is 0.616. The van der Waals surface area contributed by atoms with Crippen LogP contribution in [0.1, 0.15) is 38.5 Å². The van der Waals surface area contributed by atoms with Crippen molar-refractivity contribution in [1.82, 2.24) is 16.0 Å². The first kappa shape index (κ1) is 18.6. The third kappa shape index (κ3) is 8.74. The highest BCUT2D eigenvalue weighted by atomic mass is 19.4. The van der Waals surface area contributed by atoms with E-state index in [1.54, 1.807) is 0 Å². The number of rotatable bonds is 7. The normalized spacial score (nSPS) is 16.6. The molecule has 0 radical (unpaired) electrons. The molecule has 0 unspecified atom stereocenters. The van der Waals surface area contributed by atoms with Gasteiger partial charge in [-0.2, -0.15) is 13.2 Å². The summed E-state index contributed by atoms with van der Waals surface area (Å²) in [5, 5.41) is 8.25. The molecule has 1 aliphatic carbocycles. The van der Waals surface area contributed by atoms with Crippen LogP contribution in [0, 0.1) is 5.92 Å². The van der Waals surface area contributed by atoms with Gasteiger partial charge in [0.1, 0.15) is 0 Å². The monoisotopic (exact) mass is 322 g/mol. The zero-order valence-electron chi connectivity index (χ0n) is 12.9. The van der Waals surface area contributed by atoms with Gasteiger partial charge in [0.2, 0.25) is 5.91 Å². The highest BCUT2D eigenvalue weighted by Gasteiger charge is 2.26. The summed E-state index contributed by atoms with van der Waals surface area (Å²) in [5.74, 6) is 0.841. The third-order valence-corrected chi connectivity index (χ3v) is 3.61. The Morgan fingerprint density at radius 2 is 1.68 bits per heavy atom. The fraction of sp³-hybridized carbons (Fsp3) is 0.857. The van der Waals surface area contributed by atoms with Crippen LogP contribution in [0.2, 0.25) is 0 Å². The highest BCUT2D eigenvalue weighted by molar-refractivity contribution is 5.79. The standard InChI is InChI=1S/C14H25F3N4O/c1-18-13(20-7-6-14(15,16)17)21-9-8-19-12(22)10-11-4-2-3-5-11/h11H,2-10H2,1H3,(H,19,22)(H2,18,20,21). The van der Waals surface area contributed by atoms with E-state index in [-0.39, 0.29) is 12.5 Å². The predicted molar refractivity (Wildman–Crippen MR) is 79.6 cm³/mol. The molecule has 22 heavy (non-hydrogen) atoms. The van der Waals surface area contributed by atoms with Crippen molar-refractivity contribution >= 4 is 11.9 Å². The fourth-order valence-corrected chi connectivity index (χ4v) is 2.47. The molecule has 0 bridgehead atoms. The van der Waals surface area contributed by atoms with Crippen molar-refractivity contribution in [2.24, 2.45) is 10.9 Å². The molecular weight excluding hydrogens is 297 g/mol. The molecule has 0 aromatic rings. The average Bonchev–Trinajstić information content (AvgIpc) is 2.93. The van der Waals surface area contributed by atoms with Gasteiger partial charge in [-0.05, 0) is 18.8 Å². The van der Waals surface area contributed by atoms with Gasteiger partial charge in [-0.25, -0.2) is 0 Å². The zero-order chi connectivity index (χ0) is 16.4. The van der Waals surface area contributed by atoms with Crippen molar-refractivity contribution in [1.29, 1.82) is 0 Å². The Labute approximate surface area is 129 Å². The van der Waals surface area contributed by atoms with E-state index in [1.165, 1.54) is 19.9 Å². The van der Waals surface area contributed by atoms with Crippen LogP contribution in [0.5, 0.6) is 0 Å². The largest absolute Gasteiger partial charge is 0.390 e. The summed E-state index contributed by atoms with van der Waals surface area (Å²) >= 11 is 0. The molecule has 3 N–H and O–H groups in total. The molecule has 1 amide bonds. The molecule has 1 fully saturated rings. The molecule has 0 saturated heterocycles. The minimum atomic E-state index is -4.18. The number of alkyl halides is 3. The van der Waals surface area contributed by atoms with E-state index in [2.05, 4.69) is 20.9 Å². The van der Waals surface area contributed by atoms with Crippen molar-refractivity contribution < 1.29 is 18.0 Å². The second-order valence-corrected chi connectivity index (χ2v) is 5.50. The smallest absolute Gasteiger partial charge is 0.356 e. The van der Waals surface area contributed by atoms with E-state index in [4.69, 9.17) is 0 Å². The highest BCUT2D eigenvalue weighted by Crippen LogP contribution is 2.27. The molecule has 0 aliphatic heterocycles. The van der Waals surface area contributed by atoms with Gasteiger partial charge < -0.3 is 16.0 Å². The van der Waals surface area contributed by atoms with E-state index >= 15 is 0 Å². The van der Waals surface area contributed by atoms with Crippen molar-refractivity contribution in [3.8, 4) is 0 Å². The van der Waals surface area contributed by atoms with Crippen LogP contribution in [0.4, 0.5) is 13.2 Å². The number of hydrogen-bond donors (Lipinski definition) is 3. The first-order valence-electron chi connectivity index (χ1n) is 7.68. The maximum Gasteiger partial charge on any atom is 0.390 e. The zero-order valence-corrected chi connectivity index (χ0v) is 12.9. The van der Waals surface area contributed by atoms with Crippen LogP contribution in [0.25, 0.3) is 0 Å². The Hall–Kier alpha value is -1.47. The molecule has 0 atom stereocenters. The van der Waals surface area contributed by atoms with E-state index in [1.807, 2.05) is 0 Å². The van der Waals surface area contributed by atoms with Crippen molar-refractivity contribution in [3.05, 3.63) is 0 Å². The summed E-state index contributed by atoms with van der Waals surface area (Å²) in [6.07, 6.45) is 0.145. The number of aliphatic imine (C=N–C) groups is 1. The Balaban J connectivity index is 2.07. The molecule has 1 rings (SSSR count). The quantitative estimate of drug-likeness (QED) is 0.380. The molecule has 0 heterocycles. The van der Waals surface area contributed by atoms with Crippen LogP contribution in [0.3, 0.4) is 0 Å². The van der Waals surface area contributed by atoms with Gasteiger partial charge in [0.15, 0.2) is 5.96 Å². The van der Waals surface area contributed by atoms with Crippen LogP contribution in [-0.4, -0.2) is 44.7 Å². The molecule has 1 saturated carbocycles. The summed E-state index contributed by atoms with van der Waals surface area (Å²) in [4.78, 5) is 15.5. The number of amides is 1. The number of nitrogens with one attached hydrogen (secondary N) is 3. The SMILES string of the molecule is CN=C(NCCNC(=O)CC1CCCC1)NCCC(F)(F)F. The second-order valence-electron chi connectivity index (χ2n) is 5.50. The maximum absolute atomic E-state index is 12.0. The van der Waals surface area contributed by atoms with Gasteiger partial charge >= 0.3 is 6.18 Å². The molecule has 0 aromatic carbocycles. The molecule has 5 nitrogen and oxygen atoms in total. The lowest BCUT2D eigenvalue weighted by Crippen LogP contribution is -2.42. The minimum Gasteiger partial charge on any atom is -0.356 e. The molecule has 0 aromatic heterocycles. The van der Waals surface area contributed by atoms with Gasteiger partial charge in [0, 0.05) is 33.1 Å². The van der Waals surface area contributed by atoms with Crippen LogP contribution in [-0.2, 0) is 4.79 Å². The van der Waals surface area contributed by atoms with Gasteiger partial charge in [0.05, 0.1) is 6.42 Å². The Kier molecular flexibility index (Phi) is 8.05. The molecule has 0 spiro atoms. The number of halogens is 3. The number of carbonyl (C=O) groups is 1. The molecular formula is C14H25F3N4O. The van der Waals surface area contributed by atoms with E-state index in [0.717, 1.165) is 12.8 Å². The lowest BCUT2D eigenvalue weighted by molar-refractivity contribution is -0.132. The van der Waals surface area contributed by atoms with Crippen molar-refractivity contribution in [2.75, 3.05) is 26.7 Å². The maximum atomic E-state index is 12.0. The molecule has 8 heteroatoms. The van der Waals surface area contributed by atoms with Gasteiger partial charge in [-0.1, -0.05) is 12.8 Å². The summed E-state index contributed by atoms with van der Waals surface area (Å²) < 4.78 is 36.1. The molecule has 128 valence electrons. The topological polar surface area (TPSA) is 65.5 Å². The first-order chi connectivity index (χ1) is 10.4. The Morgan fingerprint density at radius 1 is 1.09 bits per heavy atom. The number of guanidine groups is 1. The van der Waals surface area contributed by atoms with E-state index < -0.39 is 12.6 Å². The predicted octanol–water partition coefficient (Wildman–Crippen LogP) is 1.80. The summed E-state index contributed by atoms with van der Waals surface area (Å²) in [7, 11) is 1.49. The Morgan fingerprint density at radius 3 is 2.27 bits per heavy atom. The van der Waals surface area contributed by atoms with E-state index in [9.17, 15) is 18.0 Å². The van der Waals surface area contributed by atoms with Gasteiger partial charge in [0.25, 0.3) is 0 Å². The third-order valence-electron chi connectivity index (χ3n) is 3.61. The van der Waals surface area contributed by atoms with Crippen LogP contribution >= 0.6 is 0 Å². The molecule has 1 aliphatic rings. The lowest BCUT2D eigenvalue weighted by Gasteiger charge is -2.14. The summed E-state index contributed by atoms with van der Waals surface area (Å²) in [6, 6.07) is 0. The fourth-order valence-electron chi connectivity index (χ4n) is 2.47. The van der Waals surface area contributed by atoms with Crippen molar-refractivity contribution in [3.63, 3.8) is 0 Å². The average molecular weight is 322 g/mol. The van der Waals surface area contributed by atoms with Gasteiger partial charge in [-0.15, -0.1) is 0 Å². The van der Waals surface area contributed by atoms with Gasteiger partial charge in [-0.3, -0.25) is 9.79 Å². The van der Waals surface area contributed by atoms with Crippen LogP contribution < -0.4 is 16.0 Å². The number of nitrogens with zero attached hydrogens (tertiary/aromatic N) is 1. The minimum absolute atomic E-state index is 0.0358.